The summed E-state index contributed by atoms with van der Waals surface area (Å²) in [4.78, 5) is 8.51. The van der Waals surface area contributed by atoms with E-state index in [2.05, 4.69) is 15.3 Å². The van der Waals surface area contributed by atoms with Crippen LogP contribution in [0.4, 0.5) is 5.82 Å². The fourth-order valence-electron chi connectivity index (χ4n) is 2.34. The Balaban J connectivity index is 0.00000225. The smallest absolute Gasteiger partial charge is 0.161 e. The van der Waals surface area contributed by atoms with Crippen molar-refractivity contribution in [2.75, 3.05) is 25.1 Å². The lowest BCUT2D eigenvalue weighted by molar-refractivity contribution is 0.284. The van der Waals surface area contributed by atoms with Gasteiger partial charge in [0.2, 0.25) is 0 Å². The molecule has 0 aliphatic rings. The summed E-state index contributed by atoms with van der Waals surface area (Å²) in [6, 6.07) is 13.2. The van der Waals surface area contributed by atoms with Crippen LogP contribution in [0.25, 0.3) is 10.9 Å². The average molecular weight is 362 g/mol. The minimum atomic E-state index is 0. The topological polar surface area (TPSA) is 87.8 Å². The van der Waals surface area contributed by atoms with Crippen LogP contribution in [0.1, 0.15) is 6.92 Å². The molecule has 0 aliphatic heterocycles. The van der Waals surface area contributed by atoms with Crippen molar-refractivity contribution in [2.24, 2.45) is 0 Å². The Hall–Kier alpha value is -2.57. The summed E-state index contributed by atoms with van der Waals surface area (Å²) in [6.45, 7) is 3.63. The van der Waals surface area contributed by atoms with Gasteiger partial charge in [-0.25, -0.2) is 9.97 Å². The van der Waals surface area contributed by atoms with Gasteiger partial charge in [0.15, 0.2) is 11.5 Å². The van der Waals surface area contributed by atoms with Gasteiger partial charge in [-0.15, -0.1) is 0 Å². The highest BCUT2D eigenvalue weighted by molar-refractivity contribution is 6.31. The van der Waals surface area contributed by atoms with Crippen molar-refractivity contribution in [3.05, 3.63) is 53.8 Å². The minimum absolute atomic E-state index is 0. The van der Waals surface area contributed by atoms with E-state index in [1.54, 1.807) is 0 Å². The van der Waals surface area contributed by atoms with Crippen molar-refractivity contribution in [2.45, 2.75) is 6.92 Å². The summed E-state index contributed by atoms with van der Waals surface area (Å²) in [6.07, 6.45) is 1.53. The Bertz CT molecular complexity index is 830. The summed E-state index contributed by atoms with van der Waals surface area (Å²) in [5.74, 6) is 2.22. The Morgan fingerprint density at radius 1 is 1.04 bits per heavy atom. The normalized spacial score (nSPS) is 10.2. The largest absolute Gasteiger partial charge is 0.490 e. The average Bonchev–Trinajstić information content (AvgIpc) is 2.60. The molecule has 3 rings (SSSR count). The van der Waals surface area contributed by atoms with E-state index in [-0.39, 0.29) is 5.48 Å². The second-order valence-corrected chi connectivity index (χ2v) is 5.48. The first-order chi connectivity index (χ1) is 11.8. The van der Waals surface area contributed by atoms with E-state index in [1.165, 1.54) is 6.33 Å². The number of hydrogen-bond donors (Lipinski definition) is 1. The molecule has 2 aromatic carbocycles. The summed E-state index contributed by atoms with van der Waals surface area (Å²) in [7, 11) is 0. The molecular formula is C18H20ClN3O3. The van der Waals surface area contributed by atoms with E-state index in [0.29, 0.717) is 24.8 Å². The molecule has 25 heavy (non-hydrogen) atoms. The van der Waals surface area contributed by atoms with E-state index in [0.717, 1.165) is 28.2 Å². The number of hydrogen-bond acceptors (Lipinski definition) is 5. The number of aromatic nitrogens is 2. The third kappa shape index (κ3) is 4.71. The van der Waals surface area contributed by atoms with Crippen LogP contribution in [0, 0.1) is 0 Å². The summed E-state index contributed by atoms with van der Waals surface area (Å²) in [5, 5.41) is 4.80. The molecule has 3 aromatic rings. The van der Waals surface area contributed by atoms with Gasteiger partial charge in [-0.3, -0.25) is 0 Å². The molecule has 0 fully saturated rings. The zero-order valence-electron chi connectivity index (χ0n) is 13.8. The predicted octanol–water partition coefficient (Wildman–Crippen LogP) is 3.35. The van der Waals surface area contributed by atoms with Gasteiger partial charge in [0.05, 0.1) is 18.7 Å². The van der Waals surface area contributed by atoms with Crippen LogP contribution in [0.3, 0.4) is 0 Å². The van der Waals surface area contributed by atoms with Gasteiger partial charge < -0.3 is 20.3 Å². The zero-order chi connectivity index (χ0) is 16.8. The molecule has 6 nitrogen and oxygen atoms in total. The third-order valence-corrected chi connectivity index (χ3v) is 3.63. The highest BCUT2D eigenvalue weighted by Gasteiger charge is 2.05. The van der Waals surface area contributed by atoms with E-state index >= 15 is 0 Å². The van der Waals surface area contributed by atoms with Crippen LogP contribution in [0.15, 0.2) is 48.8 Å². The van der Waals surface area contributed by atoms with Crippen LogP contribution < -0.4 is 14.8 Å². The maximum Gasteiger partial charge on any atom is 0.161 e. The second kappa shape index (κ2) is 9.05. The van der Waals surface area contributed by atoms with Crippen molar-refractivity contribution >= 4 is 28.3 Å². The third-order valence-electron chi connectivity index (χ3n) is 3.40. The lowest BCUT2D eigenvalue weighted by atomic mass is 10.2. The van der Waals surface area contributed by atoms with Crippen molar-refractivity contribution in [1.29, 1.82) is 0 Å². The lowest BCUT2D eigenvalue weighted by Gasteiger charge is -2.12. The van der Waals surface area contributed by atoms with Crippen LogP contribution in [0.5, 0.6) is 11.5 Å². The second-order valence-electron chi connectivity index (χ2n) is 5.04. The van der Waals surface area contributed by atoms with Crippen LogP contribution in [-0.4, -0.2) is 35.2 Å². The number of nitrogens with one attached hydrogen (secondary N) is 1. The fraction of sp³-hybridized carbons (Fsp3) is 0.222. The van der Waals surface area contributed by atoms with E-state index in [4.69, 9.17) is 21.1 Å². The van der Waals surface area contributed by atoms with Crippen LogP contribution in [0.2, 0.25) is 5.02 Å². The lowest BCUT2D eigenvalue weighted by Crippen LogP contribution is -2.13. The summed E-state index contributed by atoms with van der Waals surface area (Å²) in [5.41, 5.74) is 0.847. The summed E-state index contributed by atoms with van der Waals surface area (Å²) < 4.78 is 11.3. The van der Waals surface area contributed by atoms with Crippen LogP contribution >= 0.6 is 11.6 Å². The molecule has 132 valence electrons. The molecule has 0 saturated heterocycles. The van der Waals surface area contributed by atoms with Crippen LogP contribution in [-0.2, 0) is 0 Å². The first kappa shape index (κ1) is 18.8. The standard InChI is InChI=1S/C18H18ClN3O2.H2O/c1-2-23-16-5-3-4-6-17(16)24-10-9-20-18-14-11-13(19)7-8-15(14)21-12-22-18;/h3-8,11-12H,2,9-10H2,1H3,(H,20,21,22);1H2. The first-order valence-corrected chi connectivity index (χ1v) is 8.14. The molecule has 0 unspecified atom stereocenters. The van der Waals surface area contributed by atoms with E-state index in [1.807, 2.05) is 49.4 Å². The molecule has 7 heteroatoms. The number of anilines is 1. The highest BCUT2D eigenvalue weighted by atomic mass is 35.5. The monoisotopic (exact) mass is 361 g/mol. The number of rotatable bonds is 7. The van der Waals surface area contributed by atoms with Gasteiger partial charge in [0.1, 0.15) is 18.8 Å². The maximum atomic E-state index is 6.06. The number of ether oxygens (including phenoxy) is 2. The van der Waals surface area contributed by atoms with Crippen molar-refractivity contribution in [3.8, 4) is 11.5 Å². The molecule has 1 heterocycles. The van der Waals surface area contributed by atoms with Gasteiger partial charge in [-0.1, -0.05) is 23.7 Å². The number of benzene rings is 2. The number of halogens is 1. The van der Waals surface area contributed by atoms with Gasteiger partial charge in [-0.05, 0) is 37.3 Å². The Kier molecular flexibility index (Phi) is 6.80. The van der Waals surface area contributed by atoms with Gasteiger partial charge in [0, 0.05) is 10.4 Å². The first-order valence-electron chi connectivity index (χ1n) is 7.76. The quantitative estimate of drug-likeness (QED) is 0.652. The molecule has 1 aromatic heterocycles. The number of nitrogens with zero attached hydrogens (tertiary/aromatic N) is 2. The van der Waals surface area contributed by atoms with Gasteiger partial charge in [0.25, 0.3) is 0 Å². The molecule has 0 atom stereocenters. The zero-order valence-corrected chi connectivity index (χ0v) is 14.6. The van der Waals surface area contributed by atoms with Gasteiger partial charge in [-0.2, -0.15) is 0 Å². The Labute approximate surface area is 151 Å². The highest BCUT2D eigenvalue weighted by Crippen LogP contribution is 2.26. The molecule has 0 amide bonds. The summed E-state index contributed by atoms with van der Waals surface area (Å²) >= 11 is 6.06. The predicted molar refractivity (Wildman–Crippen MR) is 99.8 cm³/mol. The molecule has 3 N–H and O–H groups in total. The Morgan fingerprint density at radius 3 is 2.56 bits per heavy atom. The van der Waals surface area contributed by atoms with Crippen molar-refractivity contribution < 1.29 is 14.9 Å². The SMILES string of the molecule is CCOc1ccccc1OCCNc1ncnc2ccc(Cl)cc12.O. The van der Waals surface area contributed by atoms with E-state index < -0.39 is 0 Å². The molecule has 0 spiro atoms. The Morgan fingerprint density at radius 2 is 1.80 bits per heavy atom. The number of para-hydroxylation sites is 2. The van der Waals surface area contributed by atoms with Crippen molar-refractivity contribution in [3.63, 3.8) is 0 Å². The maximum absolute atomic E-state index is 6.06. The molecule has 0 saturated carbocycles. The number of fused-ring (bicyclic) bond motifs is 1. The fourth-order valence-corrected chi connectivity index (χ4v) is 2.52. The molecule has 0 aliphatic carbocycles. The molecular weight excluding hydrogens is 342 g/mol. The molecule has 0 radical (unpaired) electrons. The van der Waals surface area contributed by atoms with Gasteiger partial charge >= 0.3 is 0 Å². The molecule has 0 bridgehead atoms. The van der Waals surface area contributed by atoms with E-state index in [9.17, 15) is 0 Å². The minimum Gasteiger partial charge on any atom is -0.490 e. The van der Waals surface area contributed by atoms with Crippen molar-refractivity contribution in [1.82, 2.24) is 9.97 Å².